The van der Waals surface area contributed by atoms with Crippen molar-refractivity contribution in [2.24, 2.45) is 0 Å². The molecule has 4 nitrogen and oxygen atoms in total. The summed E-state index contributed by atoms with van der Waals surface area (Å²) >= 11 is 0. The third-order valence-electron chi connectivity index (χ3n) is 2.85. The van der Waals surface area contributed by atoms with Gasteiger partial charge in [0, 0.05) is 6.04 Å². The summed E-state index contributed by atoms with van der Waals surface area (Å²) in [7, 11) is 0. The van der Waals surface area contributed by atoms with Crippen molar-refractivity contribution in [2.75, 3.05) is 0 Å². The van der Waals surface area contributed by atoms with Crippen LogP contribution in [0.4, 0.5) is 0 Å². The number of rotatable bonds is 1. The molecule has 0 saturated heterocycles. The van der Waals surface area contributed by atoms with Gasteiger partial charge in [-0.2, -0.15) is 5.10 Å². The van der Waals surface area contributed by atoms with Gasteiger partial charge in [0.1, 0.15) is 5.56 Å². The number of fused-ring (bicyclic) bond motifs is 1. The maximum atomic E-state index is 11.0. The molecule has 1 aromatic heterocycles. The van der Waals surface area contributed by atoms with Crippen LogP contribution in [0.3, 0.4) is 0 Å². The molecule has 14 heavy (non-hydrogen) atoms. The first kappa shape index (κ1) is 9.24. The molecule has 0 spiro atoms. The summed E-state index contributed by atoms with van der Waals surface area (Å²) in [5, 5.41) is 13.3. The second-order valence-electron chi connectivity index (χ2n) is 3.90. The maximum Gasteiger partial charge on any atom is 0.339 e. The van der Waals surface area contributed by atoms with Crippen molar-refractivity contribution in [3.8, 4) is 0 Å². The molecular weight excluding hydrogens is 180 g/mol. The minimum absolute atomic E-state index is 0.338. The molecule has 1 aliphatic rings. The zero-order chi connectivity index (χ0) is 10.3. The lowest BCUT2D eigenvalue weighted by molar-refractivity contribution is 0.0694. The minimum atomic E-state index is -0.849. The number of hydrogen-bond donors (Lipinski definition) is 1. The molecule has 76 valence electrons. The molecular formula is C10H14N2O2. The first-order chi connectivity index (χ1) is 6.61. The molecule has 2 heterocycles. The topological polar surface area (TPSA) is 55.1 Å². The molecule has 1 N–H and O–H groups in total. The highest BCUT2D eigenvalue weighted by molar-refractivity contribution is 5.90. The summed E-state index contributed by atoms with van der Waals surface area (Å²) < 4.78 is 1.88. The van der Waals surface area contributed by atoms with Crippen molar-refractivity contribution in [3.63, 3.8) is 0 Å². The number of nitrogens with zero attached hydrogens (tertiary/aromatic N) is 2. The van der Waals surface area contributed by atoms with Crippen molar-refractivity contribution in [1.29, 1.82) is 0 Å². The highest BCUT2D eigenvalue weighted by Gasteiger charge is 2.25. The third kappa shape index (κ3) is 1.22. The lowest BCUT2D eigenvalue weighted by Crippen LogP contribution is -2.17. The van der Waals surface area contributed by atoms with E-state index >= 15 is 0 Å². The van der Waals surface area contributed by atoms with Crippen molar-refractivity contribution in [3.05, 3.63) is 17.0 Å². The van der Waals surface area contributed by atoms with E-state index in [0.717, 1.165) is 25.0 Å². The molecule has 0 amide bonds. The molecule has 1 aliphatic heterocycles. The molecule has 4 heteroatoms. The summed E-state index contributed by atoms with van der Waals surface area (Å²) in [5.74, 6) is -0.849. The lowest BCUT2D eigenvalue weighted by atomic mass is 10.0. The first-order valence-corrected chi connectivity index (χ1v) is 4.92. The van der Waals surface area contributed by atoms with Crippen LogP contribution < -0.4 is 0 Å². The molecule has 0 bridgehead atoms. The van der Waals surface area contributed by atoms with Gasteiger partial charge in [-0.25, -0.2) is 4.79 Å². The van der Waals surface area contributed by atoms with Gasteiger partial charge in [0.2, 0.25) is 0 Å². The Morgan fingerprint density at radius 1 is 1.64 bits per heavy atom. The van der Waals surface area contributed by atoms with Crippen molar-refractivity contribution < 1.29 is 9.90 Å². The van der Waals surface area contributed by atoms with Gasteiger partial charge in [-0.3, -0.25) is 4.68 Å². The van der Waals surface area contributed by atoms with E-state index in [-0.39, 0.29) is 0 Å². The normalized spacial score (nSPS) is 20.6. The molecule has 1 aromatic rings. The molecule has 0 aromatic carbocycles. The number of aromatic nitrogens is 2. The Balaban J connectivity index is 2.57. The average molecular weight is 194 g/mol. The molecule has 0 saturated carbocycles. The first-order valence-electron chi connectivity index (χ1n) is 4.92. The van der Waals surface area contributed by atoms with Gasteiger partial charge in [-0.05, 0) is 33.1 Å². The largest absolute Gasteiger partial charge is 0.478 e. The summed E-state index contributed by atoms with van der Waals surface area (Å²) in [6.45, 7) is 3.85. The quantitative estimate of drug-likeness (QED) is 0.741. The summed E-state index contributed by atoms with van der Waals surface area (Å²) in [6.07, 6.45) is 2.99. The van der Waals surface area contributed by atoms with Gasteiger partial charge < -0.3 is 5.11 Å². The van der Waals surface area contributed by atoms with E-state index in [9.17, 15) is 4.79 Å². The smallest absolute Gasteiger partial charge is 0.339 e. The fourth-order valence-electron chi connectivity index (χ4n) is 2.16. The summed E-state index contributed by atoms with van der Waals surface area (Å²) in [4.78, 5) is 11.0. The Bertz CT molecular complexity index is 382. The molecule has 2 rings (SSSR count). The Labute approximate surface area is 82.5 Å². The van der Waals surface area contributed by atoms with Crippen LogP contribution in [0, 0.1) is 6.92 Å². The standard InChI is InChI=1S/C10H14N2O2/c1-6-4-3-5-8-9(10(13)14)7(2)11-12(6)8/h6H,3-5H2,1-2H3,(H,13,14). The van der Waals surface area contributed by atoms with Gasteiger partial charge in [0.25, 0.3) is 0 Å². The van der Waals surface area contributed by atoms with E-state index in [2.05, 4.69) is 12.0 Å². The number of carboxylic acids is 1. The van der Waals surface area contributed by atoms with Gasteiger partial charge in [-0.15, -0.1) is 0 Å². The Hall–Kier alpha value is -1.32. The average Bonchev–Trinajstić information content (AvgIpc) is 2.42. The van der Waals surface area contributed by atoms with Crippen LogP contribution in [-0.2, 0) is 6.42 Å². The van der Waals surface area contributed by atoms with E-state index in [1.54, 1.807) is 6.92 Å². The van der Waals surface area contributed by atoms with E-state index in [1.165, 1.54) is 0 Å². The highest BCUT2D eigenvalue weighted by atomic mass is 16.4. The summed E-state index contributed by atoms with van der Waals surface area (Å²) in [5.41, 5.74) is 1.95. The zero-order valence-corrected chi connectivity index (χ0v) is 8.45. The number of carboxylic acid groups (broad SMARTS) is 1. The Morgan fingerprint density at radius 3 is 3.00 bits per heavy atom. The number of aromatic carboxylic acids is 1. The van der Waals surface area contributed by atoms with Crippen LogP contribution in [-0.4, -0.2) is 20.9 Å². The van der Waals surface area contributed by atoms with E-state index in [4.69, 9.17) is 5.11 Å². The molecule has 1 atom stereocenters. The molecule has 0 aliphatic carbocycles. The maximum absolute atomic E-state index is 11.0. The highest BCUT2D eigenvalue weighted by Crippen LogP contribution is 2.27. The van der Waals surface area contributed by atoms with Crippen LogP contribution in [0.15, 0.2) is 0 Å². The van der Waals surface area contributed by atoms with E-state index in [0.29, 0.717) is 17.3 Å². The van der Waals surface area contributed by atoms with Crippen LogP contribution in [0.25, 0.3) is 0 Å². The summed E-state index contributed by atoms with van der Waals surface area (Å²) in [6, 6.07) is 0.338. The monoisotopic (exact) mass is 194 g/mol. The van der Waals surface area contributed by atoms with Crippen molar-refractivity contribution >= 4 is 5.97 Å². The second-order valence-corrected chi connectivity index (χ2v) is 3.90. The van der Waals surface area contributed by atoms with Gasteiger partial charge >= 0.3 is 5.97 Å². The van der Waals surface area contributed by atoms with Gasteiger partial charge in [0.15, 0.2) is 0 Å². The Kier molecular flexibility index (Phi) is 2.06. The molecule has 0 radical (unpaired) electrons. The zero-order valence-electron chi connectivity index (χ0n) is 8.45. The van der Waals surface area contributed by atoms with Gasteiger partial charge in [0.05, 0.1) is 11.4 Å². The van der Waals surface area contributed by atoms with Gasteiger partial charge in [-0.1, -0.05) is 0 Å². The second kappa shape index (κ2) is 3.12. The van der Waals surface area contributed by atoms with Crippen LogP contribution in [0.1, 0.15) is 47.6 Å². The third-order valence-corrected chi connectivity index (χ3v) is 2.85. The number of hydrogen-bond acceptors (Lipinski definition) is 2. The van der Waals surface area contributed by atoms with Crippen LogP contribution in [0.5, 0.6) is 0 Å². The predicted molar refractivity (Wildman–Crippen MR) is 51.6 cm³/mol. The van der Waals surface area contributed by atoms with E-state index < -0.39 is 5.97 Å². The van der Waals surface area contributed by atoms with Crippen LogP contribution >= 0.6 is 0 Å². The number of carbonyl (C=O) groups is 1. The number of aryl methyl sites for hydroxylation is 1. The SMILES string of the molecule is Cc1nn2c(c1C(=O)O)CCCC2C. The minimum Gasteiger partial charge on any atom is -0.478 e. The predicted octanol–water partition coefficient (Wildman–Crippen LogP) is 1.79. The Morgan fingerprint density at radius 2 is 2.36 bits per heavy atom. The van der Waals surface area contributed by atoms with Crippen molar-refractivity contribution in [2.45, 2.75) is 39.2 Å². The fraction of sp³-hybridized carbons (Fsp3) is 0.600. The molecule has 0 fully saturated rings. The molecule has 1 unspecified atom stereocenters. The van der Waals surface area contributed by atoms with E-state index in [1.807, 2.05) is 4.68 Å². The fourth-order valence-corrected chi connectivity index (χ4v) is 2.16. The van der Waals surface area contributed by atoms with Crippen molar-refractivity contribution in [1.82, 2.24) is 9.78 Å². The van der Waals surface area contributed by atoms with Crippen LogP contribution in [0.2, 0.25) is 0 Å². The lowest BCUT2D eigenvalue weighted by Gasteiger charge is -2.20.